The molecule has 0 bridgehead atoms. The molecule has 154 valence electrons. The Labute approximate surface area is 184 Å². The van der Waals surface area contributed by atoms with E-state index in [0.717, 1.165) is 13.0 Å². The summed E-state index contributed by atoms with van der Waals surface area (Å²) in [7, 11) is 1.73. The molecule has 0 fully saturated rings. The molecule has 0 unspecified atom stereocenters. The summed E-state index contributed by atoms with van der Waals surface area (Å²) in [6.07, 6.45) is 2.40. The quantitative estimate of drug-likeness (QED) is 0.237. The first-order valence-corrected chi connectivity index (χ1v) is 9.26. The van der Waals surface area contributed by atoms with E-state index >= 15 is 0 Å². The summed E-state index contributed by atoms with van der Waals surface area (Å²) in [6.45, 7) is 8.50. The molecular weight excluding hydrogens is 467 g/mol. The van der Waals surface area contributed by atoms with Crippen LogP contribution in [0.25, 0.3) is 0 Å². The number of nitrogens with zero attached hydrogens (tertiary/aromatic N) is 1. The third-order valence-corrected chi connectivity index (χ3v) is 4.20. The van der Waals surface area contributed by atoms with Gasteiger partial charge in [0.25, 0.3) is 5.91 Å². The van der Waals surface area contributed by atoms with E-state index in [1.807, 2.05) is 0 Å². The van der Waals surface area contributed by atoms with Gasteiger partial charge in [0.1, 0.15) is 0 Å². The highest BCUT2D eigenvalue weighted by atomic mass is 127. The summed E-state index contributed by atoms with van der Waals surface area (Å²) in [5.74, 6) is 0.812. The van der Waals surface area contributed by atoms with Crippen molar-refractivity contribution in [1.82, 2.24) is 16.0 Å². The Morgan fingerprint density at radius 3 is 2.21 bits per heavy atom. The lowest BCUT2D eigenvalue weighted by Gasteiger charge is -2.19. The van der Waals surface area contributed by atoms with Crippen molar-refractivity contribution in [3.8, 4) is 0 Å². The van der Waals surface area contributed by atoms with Crippen molar-refractivity contribution < 1.29 is 9.21 Å². The number of carbonyl (C=O) groups is 1. The van der Waals surface area contributed by atoms with Gasteiger partial charge in [-0.3, -0.25) is 9.79 Å². The zero-order chi connectivity index (χ0) is 19.7. The molecule has 1 amide bonds. The van der Waals surface area contributed by atoms with Crippen LogP contribution in [-0.4, -0.2) is 38.5 Å². The van der Waals surface area contributed by atoms with Crippen LogP contribution in [0.2, 0.25) is 0 Å². The molecule has 0 radical (unpaired) electrons. The van der Waals surface area contributed by atoms with Gasteiger partial charge in [-0.1, -0.05) is 45.0 Å². The van der Waals surface area contributed by atoms with Crippen LogP contribution in [0, 0.1) is 0 Å². The molecule has 0 aliphatic heterocycles. The fourth-order valence-electron chi connectivity index (χ4n) is 2.57. The Morgan fingerprint density at radius 1 is 1.00 bits per heavy atom. The minimum atomic E-state index is -0.219. The fraction of sp³-hybridized carbons (Fsp3) is 0.429. The van der Waals surface area contributed by atoms with Crippen LogP contribution in [0.15, 0.2) is 52.1 Å². The molecule has 2 aromatic rings. The van der Waals surface area contributed by atoms with Gasteiger partial charge in [-0.25, -0.2) is 0 Å². The maximum atomic E-state index is 11.8. The van der Waals surface area contributed by atoms with Crippen molar-refractivity contribution in [1.29, 1.82) is 0 Å². The second-order valence-electron chi connectivity index (χ2n) is 7.36. The zero-order valence-corrected chi connectivity index (χ0v) is 19.4. The van der Waals surface area contributed by atoms with Gasteiger partial charge in [0.05, 0.1) is 6.26 Å². The highest BCUT2D eigenvalue weighted by molar-refractivity contribution is 14.0. The monoisotopic (exact) mass is 498 g/mol. The van der Waals surface area contributed by atoms with Gasteiger partial charge in [-0.15, -0.1) is 24.0 Å². The number of carbonyl (C=O) groups excluding carboxylic acids is 1. The normalized spacial score (nSPS) is 11.5. The minimum Gasteiger partial charge on any atom is -0.459 e. The van der Waals surface area contributed by atoms with Gasteiger partial charge < -0.3 is 20.4 Å². The number of hydrogen-bond donors (Lipinski definition) is 3. The summed E-state index contributed by atoms with van der Waals surface area (Å²) >= 11 is 0. The number of hydrogen-bond acceptors (Lipinski definition) is 3. The molecule has 1 aromatic carbocycles. The van der Waals surface area contributed by atoms with Gasteiger partial charge in [-0.2, -0.15) is 0 Å². The lowest BCUT2D eigenvalue weighted by molar-refractivity contribution is 0.0926. The first-order valence-electron chi connectivity index (χ1n) is 9.26. The van der Waals surface area contributed by atoms with E-state index in [4.69, 9.17) is 4.42 Å². The first-order chi connectivity index (χ1) is 12.9. The molecule has 6 nitrogen and oxygen atoms in total. The number of rotatable bonds is 7. The van der Waals surface area contributed by atoms with E-state index in [1.165, 1.54) is 17.4 Å². The molecule has 2 rings (SSSR count). The van der Waals surface area contributed by atoms with Crippen LogP contribution in [0.1, 0.15) is 42.5 Å². The highest BCUT2D eigenvalue weighted by Crippen LogP contribution is 2.22. The van der Waals surface area contributed by atoms with Crippen molar-refractivity contribution in [2.24, 2.45) is 4.99 Å². The van der Waals surface area contributed by atoms with E-state index in [9.17, 15) is 4.79 Å². The Hall–Kier alpha value is -2.03. The van der Waals surface area contributed by atoms with Crippen LogP contribution in [-0.2, 0) is 11.8 Å². The van der Waals surface area contributed by atoms with Crippen LogP contribution in [0.5, 0.6) is 0 Å². The maximum absolute atomic E-state index is 11.8. The predicted molar refractivity (Wildman–Crippen MR) is 125 cm³/mol. The van der Waals surface area contributed by atoms with Gasteiger partial charge in [0.15, 0.2) is 11.7 Å². The van der Waals surface area contributed by atoms with Crippen molar-refractivity contribution in [3.05, 3.63) is 59.5 Å². The Morgan fingerprint density at radius 2 is 1.64 bits per heavy atom. The standard InChI is InChI=1S/C21H30N4O2.HI/c1-21(2,3)17-9-7-16(8-10-17)11-12-24-20(22-4)25-14-13-23-19(26)18-6-5-15-27-18;/h5-10,15H,11-14H2,1-4H3,(H,23,26)(H2,22,24,25);1H. The summed E-state index contributed by atoms with van der Waals surface area (Å²) < 4.78 is 5.05. The number of benzene rings is 1. The molecule has 7 heteroatoms. The second-order valence-corrected chi connectivity index (χ2v) is 7.36. The Bertz CT molecular complexity index is 735. The van der Waals surface area contributed by atoms with E-state index < -0.39 is 0 Å². The summed E-state index contributed by atoms with van der Waals surface area (Å²) in [5, 5.41) is 9.25. The van der Waals surface area contributed by atoms with Gasteiger partial charge in [0.2, 0.25) is 0 Å². The molecule has 1 heterocycles. The largest absolute Gasteiger partial charge is 0.459 e. The van der Waals surface area contributed by atoms with Crippen LogP contribution in [0.3, 0.4) is 0 Å². The SMILES string of the molecule is CN=C(NCCNC(=O)c1ccco1)NCCc1ccc(C(C)(C)C)cc1.I. The van der Waals surface area contributed by atoms with Crippen LogP contribution < -0.4 is 16.0 Å². The number of guanidine groups is 1. The summed E-state index contributed by atoms with van der Waals surface area (Å²) in [5.41, 5.74) is 2.81. The third kappa shape index (κ3) is 7.92. The van der Waals surface area contributed by atoms with E-state index in [2.05, 4.69) is 66.0 Å². The molecule has 28 heavy (non-hydrogen) atoms. The van der Waals surface area contributed by atoms with Crippen LogP contribution in [0.4, 0.5) is 0 Å². The molecule has 0 atom stereocenters. The minimum absolute atomic E-state index is 0. The molecular formula is C21H31IN4O2. The lowest BCUT2D eigenvalue weighted by atomic mass is 9.86. The van der Waals surface area contributed by atoms with Crippen molar-refractivity contribution in [2.75, 3.05) is 26.7 Å². The molecule has 0 saturated carbocycles. The van der Waals surface area contributed by atoms with E-state index in [0.29, 0.717) is 24.8 Å². The first kappa shape index (κ1) is 24.0. The zero-order valence-electron chi connectivity index (χ0n) is 17.0. The third-order valence-electron chi connectivity index (χ3n) is 4.20. The molecule has 3 N–H and O–H groups in total. The molecule has 0 spiro atoms. The summed E-state index contributed by atoms with van der Waals surface area (Å²) in [6, 6.07) is 12.1. The maximum Gasteiger partial charge on any atom is 0.287 e. The number of aliphatic imine (C=N–C) groups is 1. The van der Waals surface area contributed by atoms with Crippen molar-refractivity contribution >= 4 is 35.8 Å². The van der Waals surface area contributed by atoms with E-state index in [1.54, 1.807) is 19.2 Å². The van der Waals surface area contributed by atoms with Crippen molar-refractivity contribution in [2.45, 2.75) is 32.6 Å². The van der Waals surface area contributed by atoms with Crippen LogP contribution >= 0.6 is 24.0 Å². The highest BCUT2D eigenvalue weighted by Gasteiger charge is 2.12. The lowest BCUT2D eigenvalue weighted by Crippen LogP contribution is -2.42. The van der Waals surface area contributed by atoms with Crippen molar-refractivity contribution in [3.63, 3.8) is 0 Å². The average molecular weight is 498 g/mol. The Kier molecular flexibility index (Phi) is 10.1. The number of nitrogens with one attached hydrogen (secondary N) is 3. The molecule has 0 aliphatic rings. The average Bonchev–Trinajstić information content (AvgIpc) is 3.18. The van der Waals surface area contributed by atoms with Gasteiger partial charge in [0, 0.05) is 26.7 Å². The fourth-order valence-corrected chi connectivity index (χ4v) is 2.57. The second kappa shape index (κ2) is 11.7. The Balaban J connectivity index is 0.00000392. The van der Waals surface area contributed by atoms with Gasteiger partial charge in [-0.05, 0) is 35.1 Å². The topological polar surface area (TPSA) is 78.7 Å². The smallest absolute Gasteiger partial charge is 0.287 e. The predicted octanol–water partition coefficient (Wildman–Crippen LogP) is 3.33. The molecule has 0 saturated heterocycles. The molecule has 0 aliphatic carbocycles. The number of amides is 1. The number of halogens is 1. The van der Waals surface area contributed by atoms with E-state index in [-0.39, 0.29) is 35.3 Å². The molecule has 1 aromatic heterocycles. The van der Waals surface area contributed by atoms with Gasteiger partial charge >= 0.3 is 0 Å². The summed E-state index contributed by atoms with van der Waals surface area (Å²) in [4.78, 5) is 16.0. The number of furan rings is 1.